The molecule has 3 nitrogen and oxygen atoms in total. The monoisotopic (exact) mass is 241 g/mol. The number of thiophene rings is 1. The van der Waals surface area contributed by atoms with E-state index in [-0.39, 0.29) is 0 Å². The van der Waals surface area contributed by atoms with Gasteiger partial charge in [-0.3, -0.25) is 0 Å². The zero-order valence-electron chi connectivity index (χ0n) is 9.34. The molecule has 2 heterocycles. The summed E-state index contributed by atoms with van der Waals surface area (Å²) in [5.41, 5.74) is 2.28. The predicted molar refractivity (Wildman–Crippen MR) is 71.9 cm³/mol. The molecule has 1 aromatic carbocycles. The summed E-state index contributed by atoms with van der Waals surface area (Å²) in [7, 11) is 0. The second kappa shape index (κ2) is 4.14. The molecule has 0 fully saturated rings. The standard InChI is InChI=1S/C13H11N3S/c1-9-3-2-4-10(7-9)16-12-11-5-6-17-13(11)15-8-14-12/h2-8H,1H3,(H,14,15,16). The van der Waals surface area contributed by atoms with Crippen LogP contribution in [0.5, 0.6) is 0 Å². The summed E-state index contributed by atoms with van der Waals surface area (Å²) >= 11 is 1.62. The lowest BCUT2D eigenvalue weighted by Gasteiger charge is -2.06. The molecule has 1 N–H and O–H groups in total. The first-order chi connectivity index (χ1) is 8.33. The fraction of sp³-hybridized carbons (Fsp3) is 0.0769. The smallest absolute Gasteiger partial charge is 0.142 e. The minimum atomic E-state index is 0.863. The Kier molecular flexibility index (Phi) is 2.49. The van der Waals surface area contributed by atoms with Crippen LogP contribution >= 0.6 is 11.3 Å². The minimum absolute atomic E-state index is 0.863. The minimum Gasteiger partial charge on any atom is -0.340 e. The van der Waals surface area contributed by atoms with Gasteiger partial charge in [-0.05, 0) is 36.1 Å². The highest BCUT2D eigenvalue weighted by atomic mass is 32.1. The Balaban J connectivity index is 2.02. The molecule has 0 aliphatic rings. The molecule has 0 bridgehead atoms. The van der Waals surface area contributed by atoms with Crippen LogP contribution in [0.25, 0.3) is 10.2 Å². The van der Waals surface area contributed by atoms with Crippen LogP contribution in [0.1, 0.15) is 5.56 Å². The van der Waals surface area contributed by atoms with Crippen molar-refractivity contribution in [2.45, 2.75) is 6.92 Å². The van der Waals surface area contributed by atoms with Gasteiger partial charge in [0.2, 0.25) is 0 Å². The van der Waals surface area contributed by atoms with Gasteiger partial charge < -0.3 is 5.32 Å². The number of nitrogens with zero attached hydrogens (tertiary/aromatic N) is 2. The van der Waals surface area contributed by atoms with E-state index in [2.05, 4.69) is 34.3 Å². The number of aryl methyl sites for hydroxylation is 1. The number of aromatic nitrogens is 2. The lowest BCUT2D eigenvalue weighted by Crippen LogP contribution is -1.94. The third kappa shape index (κ3) is 1.99. The maximum absolute atomic E-state index is 4.29. The van der Waals surface area contributed by atoms with Gasteiger partial charge in [0.25, 0.3) is 0 Å². The van der Waals surface area contributed by atoms with E-state index in [1.54, 1.807) is 17.7 Å². The molecule has 0 saturated carbocycles. The Morgan fingerprint density at radius 2 is 2.12 bits per heavy atom. The maximum atomic E-state index is 4.29. The summed E-state index contributed by atoms with van der Waals surface area (Å²) in [4.78, 5) is 9.53. The van der Waals surface area contributed by atoms with Crippen molar-refractivity contribution in [1.29, 1.82) is 0 Å². The van der Waals surface area contributed by atoms with Gasteiger partial charge in [0.15, 0.2) is 0 Å². The molecule has 2 aromatic heterocycles. The summed E-state index contributed by atoms with van der Waals surface area (Å²) in [6.07, 6.45) is 1.59. The van der Waals surface area contributed by atoms with Gasteiger partial charge in [-0.1, -0.05) is 12.1 Å². The second-order valence-electron chi connectivity index (χ2n) is 3.86. The second-order valence-corrected chi connectivity index (χ2v) is 4.75. The van der Waals surface area contributed by atoms with Crippen molar-refractivity contribution in [1.82, 2.24) is 9.97 Å². The van der Waals surface area contributed by atoms with Crippen LogP contribution in [0.15, 0.2) is 42.0 Å². The van der Waals surface area contributed by atoms with Crippen LogP contribution in [-0.2, 0) is 0 Å². The Morgan fingerprint density at radius 3 is 3.00 bits per heavy atom. The number of hydrogen-bond acceptors (Lipinski definition) is 4. The third-order valence-corrected chi connectivity index (χ3v) is 3.36. The van der Waals surface area contributed by atoms with Crippen LogP contribution < -0.4 is 5.32 Å². The zero-order chi connectivity index (χ0) is 11.7. The molecule has 3 aromatic rings. The van der Waals surface area contributed by atoms with E-state index in [9.17, 15) is 0 Å². The fourth-order valence-electron chi connectivity index (χ4n) is 1.75. The summed E-state index contributed by atoms with van der Waals surface area (Å²) in [5, 5.41) is 6.43. The molecule has 0 spiro atoms. The molecule has 17 heavy (non-hydrogen) atoms. The number of rotatable bonds is 2. The van der Waals surface area contributed by atoms with Gasteiger partial charge in [-0.15, -0.1) is 11.3 Å². The van der Waals surface area contributed by atoms with E-state index in [1.165, 1.54) is 5.56 Å². The van der Waals surface area contributed by atoms with Crippen LogP contribution in [-0.4, -0.2) is 9.97 Å². The lowest BCUT2D eigenvalue weighted by atomic mass is 10.2. The van der Waals surface area contributed by atoms with Crippen molar-refractivity contribution >= 4 is 33.1 Å². The van der Waals surface area contributed by atoms with Gasteiger partial charge in [-0.25, -0.2) is 9.97 Å². The topological polar surface area (TPSA) is 37.8 Å². The first-order valence-corrected chi connectivity index (χ1v) is 6.23. The molecular formula is C13H11N3S. The molecule has 0 amide bonds. The summed E-state index contributed by atoms with van der Waals surface area (Å²) in [6, 6.07) is 10.3. The highest BCUT2D eigenvalue weighted by Crippen LogP contribution is 2.26. The van der Waals surface area contributed by atoms with E-state index >= 15 is 0 Å². The first kappa shape index (κ1) is 10.2. The van der Waals surface area contributed by atoms with Crippen molar-refractivity contribution < 1.29 is 0 Å². The Labute approximate surface area is 103 Å². The summed E-state index contributed by atoms with van der Waals surface area (Å²) < 4.78 is 0. The zero-order valence-corrected chi connectivity index (χ0v) is 10.2. The van der Waals surface area contributed by atoms with Crippen molar-refractivity contribution in [3.05, 3.63) is 47.6 Å². The van der Waals surface area contributed by atoms with E-state index in [0.29, 0.717) is 0 Å². The van der Waals surface area contributed by atoms with Gasteiger partial charge >= 0.3 is 0 Å². The van der Waals surface area contributed by atoms with Gasteiger partial charge in [0.05, 0.1) is 5.39 Å². The van der Waals surface area contributed by atoms with Crippen LogP contribution in [0.3, 0.4) is 0 Å². The molecule has 0 atom stereocenters. The highest BCUT2D eigenvalue weighted by Gasteiger charge is 2.04. The molecule has 4 heteroatoms. The largest absolute Gasteiger partial charge is 0.340 e. The summed E-state index contributed by atoms with van der Waals surface area (Å²) in [6.45, 7) is 2.07. The molecule has 0 radical (unpaired) electrons. The van der Waals surface area contributed by atoms with Gasteiger partial charge in [-0.2, -0.15) is 0 Å². The number of fused-ring (bicyclic) bond motifs is 1. The normalized spacial score (nSPS) is 10.6. The van der Waals surface area contributed by atoms with E-state index in [0.717, 1.165) is 21.7 Å². The van der Waals surface area contributed by atoms with Crippen molar-refractivity contribution in [3.8, 4) is 0 Å². The maximum Gasteiger partial charge on any atom is 0.142 e. The highest BCUT2D eigenvalue weighted by molar-refractivity contribution is 7.16. The average molecular weight is 241 g/mol. The first-order valence-electron chi connectivity index (χ1n) is 5.35. The number of benzene rings is 1. The average Bonchev–Trinajstić information content (AvgIpc) is 2.78. The van der Waals surface area contributed by atoms with Crippen LogP contribution in [0.2, 0.25) is 0 Å². The van der Waals surface area contributed by atoms with Crippen molar-refractivity contribution in [2.24, 2.45) is 0 Å². The van der Waals surface area contributed by atoms with E-state index in [4.69, 9.17) is 0 Å². The molecule has 84 valence electrons. The quantitative estimate of drug-likeness (QED) is 0.742. The predicted octanol–water partition coefficient (Wildman–Crippen LogP) is 3.74. The van der Waals surface area contributed by atoms with E-state index in [1.807, 2.05) is 23.6 Å². The van der Waals surface area contributed by atoms with E-state index < -0.39 is 0 Å². The third-order valence-electron chi connectivity index (χ3n) is 2.54. The summed E-state index contributed by atoms with van der Waals surface area (Å²) in [5.74, 6) is 0.863. The molecule has 0 saturated heterocycles. The fourth-order valence-corrected chi connectivity index (χ4v) is 2.48. The molecular weight excluding hydrogens is 230 g/mol. The molecule has 0 aliphatic heterocycles. The molecule has 0 aliphatic carbocycles. The number of hydrogen-bond donors (Lipinski definition) is 1. The number of anilines is 2. The Bertz CT molecular complexity index is 660. The Morgan fingerprint density at radius 1 is 1.18 bits per heavy atom. The Hall–Kier alpha value is -1.94. The number of nitrogens with one attached hydrogen (secondary N) is 1. The van der Waals surface area contributed by atoms with Crippen LogP contribution in [0, 0.1) is 6.92 Å². The van der Waals surface area contributed by atoms with Gasteiger partial charge in [0, 0.05) is 5.69 Å². The van der Waals surface area contributed by atoms with Gasteiger partial charge in [0.1, 0.15) is 17.0 Å². The van der Waals surface area contributed by atoms with Crippen molar-refractivity contribution in [2.75, 3.05) is 5.32 Å². The molecule has 0 unspecified atom stereocenters. The van der Waals surface area contributed by atoms with Crippen LogP contribution in [0.4, 0.5) is 11.5 Å². The molecule has 3 rings (SSSR count). The van der Waals surface area contributed by atoms with Crippen molar-refractivity contribution in [3.63, 3.8) is 0 Å². The lowest BCUT2D eigenvalue weighted by molar-refractivity contribution is 1.23. The SMILES string of the molecule is Cc1cccc(Nc2ncnc3sccc23)c1.